The number of anilines is 2. The van der Waals surface area contributed by atoms with E-state index in [1.54, 1.807) is 6.20 Å². The molecule has 4 N–H and O–H groups in total. The Morgan fingerprint density at radius 2 is 2.26 bits per heavy atom. The second-order valence-electron chi connectivity index (χ2n) is 4.96. The van der Waals surface area contributed by atoms with Crippen molar-refractivity contribution in [1.82, 2.24) is 10.3 Å². The topological polar surface area (TPSA) is 91.5 Å². The van der Waals surface area contributed by atoms with Crippen LogP contribution in [0.5, 0.6) is 0 Å². The third kappa shape index (κ3) is 2.89. The van der Waals surface area contributed by atoms with Crippen LogP contribution in [0.15, 0.2) is 18.3 Å². The molecule has 0 atom stereocenters. The molecule has 2 rings (SSSR count). The van der Waals surface area contributed by atoms with Gasteiger partial charge in [-0.25, -0.2) is 9.78 Å². The minimum absolute atomic E-state index is 0.306. The number of hydrogen-bond donors (Lipinski definition) is 3. The summed E-state index contributed by atoms with van der Waals surface area (Å²) in [6.45, 7) is 3.58. The highest BCUT2D eigenvalue weighted by Gasteiger charge is 2.34. The van der Waals surface area contributed by atoms with Gasteiger partial charge in [-0.15, -0.1) is 0 Å². The third-order valence-corrected chi connectivity index (χ3v) is 3.93. The lowest BCUT2D eigenvalue weighted by molar-refractivity contribution is 0.166. The van der Waals surface area contributed by atoms with Crippen molar-refractivity contribution in [3.63, 3.8) is 0 Å². The Labute approximate surface area is 112 Å². The van der Waals surface area contributed by atoms with Crippen molar-refractivity contribution in [2.75, 3.05) is 23.7 Å². The average molecular weight is 264 g/mol. The largest absolute Gasteiger partial charge is 0.465 e. The molecule has 0 aromatic carbocycles. The Bertz CT molecular complexity index is 456. The number of rotatable bonds is 3. The molecule has 1 amide bonds. The average Bonchev–Trinajstić information content (AvgIpc) is 2.40. The second kappa shape index (κ2) is 5.34. The zero-order chi connectivity index (χ0) is 13.9. The fourth-order valence-corrected chi connectivity index (χ4v) is 2.65. The molecule has 0 aliphatic carbocycles. The van der Waals surface area contributed by atoms with Gasteiger partial charge in [-0.05, 0) is 31.4 Å². The van der Waals surface area contributed by atoms with E-state index in [0.29, 0.717) is 5.82 Å². The first-order chi connectivity index (χ1) is 9.06. The van der Waals surface area contributed by atoms with Gasteiger partial charge in [-0.1, -0.05) is 6.92 Å². The van der Waals surface area contributed by atoms with Crippen molar-refractivity contribution in [1.29, 1.82) is 0 Å². The van der Waals surface area contributed by atoms with Gasteiger partial charge >= 0.3 is 6.09 Å². The van der Waals surface area contributed by atoms with Gasteiger partial charge in [0, 0.05) is 24.8 Å². The predicted molar refractivity (Wildman–Crippen MR) is 74.3 cm³/mol. The molecule has 1 aromatic heterocycles. The van der Waals surface area contributed by atoms with E-state index in [1.165, 1.54) is 0 Å². The number of amides is 1. The molecule has 1 aliphatic heterocycles. The fraction of sp³-hybridized carbons (Fsp3) is 0.538. The van der Waals surface area contributed by atoms with Crippen molar-refractivity contribution in [3.05, 3.63) is 18.3 Å². The smallest absolute Gasteiger partial charge is 0.405 e. The predicted octanol–water partition coefficient (Wildman–Crippen LogP) is 1.68. The molecule has 0 saturated carbocycles. The van der Waals surface area contributed by atoms with Crippen LogP contribution in [0.25, 0.3) is 0 Å². The lowest BCUT2D eigenvalue weighted by Gasteiger charge is -2.42. The van der Waals surface area contributed by atoms with E-state index in [2.05, 4.69) is 15.2 Å². The zero-order valence-electron chi connectivity index (χ0n) is 11.1. The number of nitrogens with one attached hydrogen (secondary N) is 1. The van der Waals surface area contributed by atoms with Gasteiger partial charge in [0.25, 0.3) is 0 Å². The van der Waals surface area contributed by atoms with Crippen LogP contribution in [0.3, 0.4) is 0 Å². The number of pyridine rings is 1. The molecule has 0 bridgehead atoms. The number of nitrogens with two attached hydrogens (primary N) is 1. The van der Waals surface area contributed by atoms with Crippen LogP contribution in [-0.4, -0.2) is 34.8 Å². The first kappa shape index (κ1) is 13.5. The van der Waals surface area contributed by atoms with Crippen molar-refractivity contribution < 1.29 is 9.90 Å². The Kier molecular flexibility index (Phi) is 3.78. The van der Waals surface area contributed by atoms with Gasteiger partial charge in [-0.2, -0.15) is 0 Å². The summed E-state index contributed by atoms with van der Waals surface area (Å²) in [4.78, 5) is 17.1. The number of carbonyl (C=O) groups is 1. The summed E-state index contributed by atoms with van der Waals surface area (Å²) in [5.74, 6) is 0.526. The first-order valence-electron chi connectivity index (χ1n) is 6.53. The lowest BCUT2D eigenvalue weighted by Crippen LogP contribution is -2.54. The van der Waals surface area contributed by atoms with Gasteiger partial charge < -0.3 is 21.1 Å². The molecule has 6 nitrogen and oxygen atoms in total. The lowest BCUT2D eigenvalue weighted by atomic mass is 9.85. The monoisotopic (exact) mass is 264 g/mol. The number of piperidine rings is 1. The molecule has 19 heavy (non-hydrogen) atoms. The summed E-state index contributed by atoms with van der Waals surface area (Å²) in [5.41, 5.74) is 6.50. The summed E-state index contributed by atoms with van der Waals surface area (Å²) < 4.78 is 0. The van der Waals surface area contributed by atoms with Crippen LogP contribution >= 0.6 is 0 Å². The van der Waals surface area contributed by atoms with Crippen LogP contribution in [0.2, 0.25) is 0 Å². The van der Waals surface area contributed by atoms with E-state index in [9.17, 15) is 4.79 Å². The highest BCUT2D eigenvalue weighted by molar-refractivity contribution is 5.66. The molecule has 1 fully saturated rings. The molecule has 1 aliphatic rings. The Hall–Kier alpha value is -1.98. The quantitative estimate of drug-likeness (QED) is 0.772. The minimum Gasteiger partial charge on any atom is -0.465 e. The Morgan fingerprint density at radius 1 is 1.58 bits per heavy atom. The molecule has 2 heterocycles. The van der Waals surface area contributed by atoms with Crippen LogP contribution in [-0.2, 0) is 0 Å². The number of hydrogen-bond acceptors (Lipinski definition) is 4. The minimum atomic E-state index is -0.948. The first-order valence-corrected chi connectivity index (χ1v) is 6.53. The van der Waals surface area contributed by atoms with Gasteiger partial charge in [0.1, 0.15) is 5.82 Å². The zero-order valence-corrected chi connectivity index (χ0v) is 11.1. The van der Waals surface area contributed by atoms with Crippen molar-refractivity contribution in [2.45, 2.75) is 31.7 Å². The summed E-state index contributed by atoms with van der Waals surface area (Å²) in [7, 11) is 0. The number of carboxylic acid groups (broad SMARTS) is 1. The fourth-order valence-electron chi connectivity index (χ4n) is 2.65. The van der Waals surface area contributed by atoms with E-state index in [0.717, 1.165) is 38.0 Å². The Morgan fingerprint density at radius 3 is 2.79 bits per heavy atom. The molecule has 6 heteroatoms. The molecule has 0 radical (unpaired) electrons. The molecule has 104 valence electrons. The summed E-state index contributed by atoms with van der Waals surface area (Å²) in [6.07, 6.45) is 3.09. The van der Waals surface area contributed by atoms with Gasteiger partial charge in [-0.3, -0.25) is 0 Å². The maximum Gasteiger partial charge on any atom is 0.405 e. The SMILES string of the molecule is CCC1(NC(=O)O)CCN(c2cccnc2N)CC1. The second-order valence-corrected chi connectivity index (χ2v) is 4.96. The van der Waals surface area contributed by atoms with E-state index in [4.69, 9.17) is 10.8 Å². The van der Waals surface area contributed by atoms with Crippen LogP contribution < -0.4 is 16.0 Å². The van der Waals surface area contributed by atoms with E-state index in [1.807, 2.05) is 19.1 Å². The molecule has 1 aromatic rings. The summed E-state index contributed by atoms with van der Waals surface area (Å²) in [5, 5.41) is 11.6. The van der Waals surface area contributed by atoms with E-state index >= 15 is 0 Å². The molecule has 0 unspecified atom stereocenters. The normalized spacial score (nSPS) is 18.1. The van der Waals surface area contributed by atoms with Gasteiger partial charge in [0.05, 0.1) is 5.69 Å². The Balaban J connectivity index is 2.06. The van der Waals surface area contributed by atoms with Gasteiger partial charge in [0.15, 0.2) is 0 Å². The molecule has 0 spiro atoms. The third-order valence-electron chi connectivity index (χ3n) is 3.93. The molecule has 1 saturated heterocycles. The van der Waals surface area contributed by atoms with Gasteiger partial charge in [0.2, 0.25) is 0 Å². The summed E-state index contributed by atoms with van der Waals surface area (Å²) in [6, 6.07) is 3.81. The van der Waals surface area contributed by atoms with Crippen molar-refractivity contribution in [2.24, 2.45) is 0 Å². The number of nitrogen functional groups attached to an aromatic ring is 1. The highest BCUT2D eigenvalue weighted by atomic mass is 16.4. The molecular formula is C13H20N4O2. The standard InChI is InChI=1S/C13H20N4O2/c1-2-13(16-12(18)19)5-8-17(9-6-13)10-4-3-7-15-11(10)14/h3-4,7,16H,2,5-6,8-9H2,1H3,(H2,14,15)(H,18,19). The van der Waals surface area contributed by atoms with Crippen LogP contribution in [0, 0.1) is 0 Å². The maximum atomic E-state index is 10.9. The van der Waals surface area contributed by atoms with Crippen molar-refractivity contribution >= 4 is 17.6 Å². The summed E-state index contributed by atoms with van der Waals surface area (Å²) >= 11 is 0. The number of nitrogens with zero attached hydrogens (tertiary/aromatic N) is 2. The van der Waals surface area contributed by atoms with Crippen LogP contribution in [0.1, 0.15) is 26.2 Å². The maximum absolute atomic E-state index is 10.9. The highest BCUT2D eigenvalue weighted by Crippen LogP contribution is 2.30. The number of aromatic nitrogens is 1. The van der Waals surface area contributed by atoms with Crippen LogP contribution in [0.4, 0.5) is 16.3 Å². The van der Waals surface area contributed by atoms with E-state index in [-0.39, 0.29) is 5.54 Å². The molecular weight excluding hydrogens is 244 g/mol. The van der Waals surface area contributed by atoms with E-state index < -0.39 is 6.09 Å². The van der Waals surface area contributed by atoms with Crippen molar-refractivity contribution in [3.8, 4) is 0 Å².